The molecule has 5 heteroatoms. The summed E-state index contributed by atoms with van der Waals surface area (Å²) in [6, 6.07) is 7.16. The van der Waals surface area contributed by atoms with Crippen LogP contribution in [0.15, 0.2) is 41.2 Å². The predicted molar refractivity (Wildman–Crippen MR) is 75.1 cm³/mol. The Morgan fingerprint density at radius 1 is 1.26 bits per heavy atom. The number of benzene rings is 1. The summed E-state index contributed by atoms with van der Waals surface area (Å²) in [4.78, 5) is 18.5. The zero-order chi connectivity index (χ0) is 13.8. The van der Waals surface area contributed by atoms with E-state index >= 15 is 0 Å². The second-order valence-electron chi connectivity index (χ2n) is 4.09. The van der Waals surface area contributed by atoms with Gasteiger partial charge in [-0.2, -0.15) is 0 Å². The van der Waals surface area contributed by atoms with Crippen molar-refractivity contribution in [2.24, 2.45) is 5.16 Å². The maximum absolute atomic E-state index is 11.7. The number of halogens is 1. The van der Waals surface area contributed by atoms with Gasteiger partial charge in [0.25, 0.3) is 0 Å². The Bertz CT molecular complexity index is 531. The third-order valence-electron chi connectivity index (χ3n) is 2.94. The number of oxime groups is 1. The van der Waals surface area contributed by atoms with Crippen molar-refractivity contribution in [2.45, 2.75) is 13.8 Å². The number of carbonyl (C=O) groups is 1. The van der Waals surface area contributed by atoms with Crippen LogP contribution in [-0.4, -0.2) is 29.7 Å². The lowest BCUT2D eigenvalue weighted by atomic mass is 10.0. The van der Waals surface area contributed by atoms with Crippen molar-refractivity contribution in [1.82, 2.24) is 4.90 Å². The lowest BCUT2D eigenvalue weighted by Gasteiger charge is -2.15. The summed E-state index contributed by atoms with van der Waals surface area (Å²) in [7, 11) is 0. The number of hydrogen-bond acceptors (Lipinski definition) is 4. The fraction of sp³-hybridized carbons (Fsp3) is 0.286. The van der Waals surface area contributed by atoms with E-state index in [1.165, 1.54) is 0 Å². The molecule has 1 heterocycles. The van der Waals surface area contributed by atoms with Crippen LogP contribution in [0.25, 0.3) is 0 Å². The highest BCUT2D eigenvalue weighted by atomic mass is 35.5. The summed E-state index contributed by atoms with van der Waals surface area (Å²) in [5.74, 6) is -0.420. The Morgan fingerprint density at radius 2 is 1.89 bits per heavy atom. The molecule has 2 rings (SSSR count). The van der Waals surface area contributed by atoms with Gasteiger partial charge < -0.3 is 9.74 Å². The van der Waals surface area contributed by atoms with Crippen LogP contribution < -0.4 is 0 Å². The predicted octanol–water partition coefficient (Wildman–Crippen LogP) is 2.83. The van der Waals surface area contributed by atoms with Crippen LogP contribution in [0.3, 0.4) is 0 Å². The van der Waals surface area contributed by atoms with E-state index in [1.807, 2.05) is 30.9 Å². The molecule has 1 aromatic rings. The number of hydrogen-bond donors (Lipinski definition) is 0. The van der Waals surface area contributed by atoms with Gasteiger partial charge in [0.1, 0.15) is 11.3 Å². The molecule has 100 valence electrons. The lowest BCUT2D eigenvalue weighted by molar-refractivity contribution is -0.136. The summed E-state index contributed by atoms with van der Waals surface area (Å²) in [6.07, 6.45) is 1.79. The van der Waals surface area contributed by atoms with Crippen molar-refractivity contribution in [1.29, 1.82) is 0 Å². The van der Waals surface area contributed by atoms with Gasteiger partial charge in [-0.25, -0.2) is 4.79 Å². The van der Waals surface area contributed by atoms with E-state index in [-0.39, 0.29) is 0 Å². The molecule has 0 bridgehead atoms. The topological polar surface area (TPSA) is 41.9 Å². The van der Waals surface area contributed by atoms with Gasteiger partial charge in [-0.15, -0.1) is 0 Å². The molecule has 0 amide bonds. The molecule has 0 spiro atoms. The van der Waals surface area contributed by atoms with E-state index in [2.05, 4.69) is 5.16 Å². The molecule has 0 aliphatic carbocycles. The van der Waals surface area contributed by atoms with Crippen LogP contribution in [0.1, 0.15) is 19.4 Å². The van der Waals surface area contributed by atoms with E-state index in [9.17, 15) is 4.79 Å². The van der Waals surface area contributed by atoms with Gasteiger partial charge in [0.2, 0.25) is 0 Å². The van der Waals surface area contributed by atoms with Gasteiger partial charge in [-0.3, -0.25) is 0 Å². The Balaban J connectivity index is 2.34. The van der Waals surface area contributed by atoms with E-state index in [4.69, 9.17) is 16.4 Å². The summed E-state index contributed by atoms with van der Waals surface area (Å²) in [5, 5.41) is 4.49. The standard InChI is InChI=1S/C14H15ClN2O2/c1-3-17(4-2)9-12-13(16-19-14(12)18)10-5-7-11(15)8-6-10/h5-9H,3-4H2,1-2H3/b12-9-. The van der Waals surface area contributed by atoms with Crippen molar-refractivity contribution in [2.75, 3.05) is 13.1 Å². The first kappa shape index (κ1) is 13.6. The van der Waals surface area contributed by atoms with E-state index in [0.717, 1.165) is 18.7 Å². The van der Waals surface area contributed by atoms with Crippen LogP contribution in [-0.2, 0) is 9.63 Å². The zero-order valence-corrected chi connectivity index (χ0v) is 11.6. The minimum atomic E-state index is -0.420. The summed E-state index contributed by atoms with van der Waals surface area (Å²) < 4.78 is 0. The number of carbonyl (C=O) groups excluding carboxylic acids is 1. The van der Waals surface area contributed by atoms with Crippen molar-refractivity contribution in [3.63, 3.8) is 0 Å². The highest BCUT2D eigenvalue weighted by molar-refractivity contribution is 6.31. The van der Waals surface area contributed by atoms with Crippen molar-refractivity contribution in [3.8, 4) is 0 Å². The van der Waals surface area contributed by atoms with Gasteiger partial charge in [0, 0.05) is 29.9 Å². The van der Waals surface area contributed by atoms with E-state index in [1.54, 1.807) is 18.3 Å². The van der Waals surface area contributed by atoms with E-state index < -0.39 is 5.97 Å². The van der Waals surface area contributed by atoms with Crippen molar-refractivity contribution < 1.29 is 9.63 Å². The lowest BCUT2D eigenvalue weighted by Crippen LogP contribution is -2.19. The fourth-order valence-electron chi connectivity index (χ4n) is 1.80. The average molecular weight is 279 g/mol. The smallest absolute Gasteiger partial charge is 0.369 e. The van der Waals surface area contributed by atoms with Gasteiger partial charge in [0.05, 0.1) is 0 Å². The summed E-state index contributed by atoms with van der Waals surface area (Å²) in [5.41, 5.74) is 1.84. The molecule has 1 aromatic carbocycles. The third kappa shape index (κ3) is 2.96. The van der Waals surface area contributed by atoms with Crippen molar-refractivity contribution in [3.05, 3.63) is 46.6 Å². The van der Waals surface area contributed by atoms with Crippen LogP contribution in [0.2, 0.25) is 5.02 Å². The molecule has 1 aliphatic heterocycles. The fourth-order valence-corrected chi connectivity index (χ4v) is 1.93. The third-order valence-corrected chi connectivity index (χ3v) is 3.19. The Hall–Kier alpha value is -1.81. The summed E-state index contributed by atoms with van der Waals surface area (Å²) in [6.45, 7) is 5.70. The molecular weight excluding hydrogens is 264 g/mol. The van der Waals surface area contributed by atoms with Gasteiger partial charge in [-0.05, 0) is 26.0 Å². The molecule has 0 radical (unpaired) electrons. The Kier molecular flexibility index (Phi) is 4.22. The normalized spacial score (nSPS) is 16.5. The van der Waals surface area contributed by atoms with Crippen LogP contribution in [0, 0.1) is 0 Å². The molecular formula is C14H15ClN2O2. The molecule has 19 heavy (non-hydrogen) atoms. The van der Waals surface area contributed by atoms with Crippen molar-refractivity contribution >= 4 is 23.3 Å². The second-order valence-corrected chi connectivity index (χ2v) is 4.53. The minimum Gasteiger partial charge on any atom is -0.377 e. The molecule has 1 aliphatic rings. The second kappa shape index (κ2) is 5.89. The maximum atomic E-state index is 11.7. The first-order chi connectivity index (χ1) is 9.15. The van der Waals surface area contributed by atoms with Crippen LogP contribution >= 0.6 is 11.6 Å². The molecule has 0 unspecified atom stereocenters. The minimum absolute atomic E-state index is 0.420. The molecule has 0 saturated heterocycles. The SMILES string of the molecule is CCN(/C=C1\C(=O)ON=C1c1ccc(Cl)cc1)CC. The summed E-state index contributed by atoms with van der Waals surface area (Å²) >= 11 is 5.85. The molecule has 0 atom stereocenters. The van der Waals surface area contributed by atoms with Gasteiger partial charge in [0.15, 0.2) is 0 Å². The highest BCUT2D eigenvalue weighted by Crippen LogP contribution is 2.20. The molecule has 0 fully saturated rings. The van der Waals surface area contributed by atoms with Gasteiger partial charge >= 0.3 is 5.97 Å². The highest BCUT2D eigenvalue weighted by Gasteiger charge is 2.27. The van der Waals surface area contributed by atoms with E-state index in [0.29, 0.717) is 16.3 Å². The molecule has 0 N–H and O–H groups in total. The largest absolute Gasteiger partial charge is 0.377 e. The Morgan fingerprint density at radius 3 is 2.47 bits per heavy atom. The molecule has 0 saturated carbocycles. The Labute approximate surface area is 117 Å². The first-order valence-electron chi connectivity index (χ1n) is 6.17. The van der Waals surface area contributed by atoms with Crippen LogP contribution in [0.5, 0.6) is 0 Å². The molecule has 0 aromatic heterocycles. The first-order valence-corrected chi connectivity index (χ1v) is 6.55. The van der Waals surface area contributed by atoms with Crippen LogP contribution in [0.4, 0.5) is 0 Å². The quantitative estimate of drug-likeness (QED) is 0.628. The number of rotatable bonds is 4. The zero-order valence-electron chi connectivity index (χ0n) is 10.9. The monoisotopic (exact) mass is 278 g/mol. The molecule has 4 nitrogen and oxygen atoms in total. The average Bonchev–Trinajstić information content (AvgIpc) is 2.78. The number of nitrogens with zero attached hydrogens (tertiary/aromatic N) is 2. The van der Waals surface area contributed by atoms with Gasteiger partial charge in [-0.1, -0.05) is 28.9 Å². The maximum Gasteiger partial charge on any atom is 0.369 e.